The number of carbonyl (C=O) groups excluding carboxylic acids is 6. The zero-order valence-electron chi connectivity index (χ0n) is 56.9. The molecule has 34 nitrogen and oxygen atoms in total. The largest absolute Gasteiger partial charge is 0.493 e. The molecule has 0 radical (unpaired) electrons. The molecule has 12 N–H and O–H groups in total. The number of anilines is 2. The summed E-state index contributed by atoms with van der Waals surface area (Å²) in [5, 5.41) is 112. The number of nitrogens with zero attached hydrogens (tertiary/aromatic N) is 4. The van der Waals surface area contributed by atoms with Gasteiger partial charge < -0.3 is 128 Å². The summed E-state index contributed by atoms with van der Waals surface area (Å²) in [5.41, 5.74) is 1.15. The van der Waals surface area contributed by atoms with Crippen LogP contribution < -0.4 is 48.9 Å². The zero-order chi connectivity index (χ0) is 74.1. The molecule has 4 aromatic carbocycles. The lowest BCUT2D eigenvalue weighted by molar-refractivity contribution is -0.277. The molecule has 6 aliphatic heterocycles. The molecule has 6 aliphatic rings. The number of ether oxygens (including phenoxy) is 12. The van der Waals surface area contributed by atoms with Crippen molar-refractivity contribution < 1.29 is 137 Å². The van der Waals surface area contributed by atoms with Crippen molar-refractivity contribution in [2.45, 2.75) is 131 Å². The van der Waals surface area contributed by atoms with Gasteiger partial charge in [0.25, 0.3) is 23.6 Å². The van der Waals surface area contributed by atoms with Crippen molar-refractivity contribution in [3.8, 4) is 34.5 Å². The first-order valence-corrected chi connectivity index (χ1v) is 33.1. The predicted octanol–water partition coefficient (Wildman–Crippen LogP) is -0.0665. The van der Waals surface area contributed by atoms with Crippen molar-refractivity contribution in [1.82, 2.24) is 20.4 Å². The molecule has 560 valence electrons. The summed E-state index contributed by atoms with van der Waals surface area (Å²) in [5.74, 6) is -2.41. The van der Waals surface area contributed by atoms with Crippen LogP contribution in [0.3, 0.4) is 0 Å². The predicted molar refractivity (Wildman–Crippen MR) is 355 cm³/mol. The van der Waals surface area contributed by atoms with Crippen LogP contribution in [0.5, 0.6) is 34.5 Å². The number of benzene rings is 4. The number of nitrogens with one attached hydrogen (secondary N) is 2. The van der Waals surface area contributed by atoms with Crippen molar-refractivity contribution in [3.63, 3.8) is 0 Å². The highest BCUT2D eigenvalue weighted by Crippen LogP contribution is 2.45. The number of methoxy groups -OCH3 is 4. The molecule has 0 aliphatic carbocycles. The van der Waals surface area contributed by atoms with Gasteiger partial charge in [-0.15, -0.1) is 0 Å². The molecule has 0 saturated carbocycles. The molecular weight excluding hydrogens is 1360 g/mol. The topological polar surface area (TPSA) is 453 Å². The van der Waals surface area contributed by atoms with Crippen LogP contribution in [0.1, 0.15) is 84.7 Å². The van der Waals surface area contributed by atoms with Gasteiger partial charge in [0.2, 0.25) is 12.6 Å². The van der Waals surface area contributed by atoms with Crippen LogP contribution in [0, 0.1) is 0 Å². The number of hydrogen-bond donors (Lipinski definition) is 12. The van der Waals surface area contributed by atoms with Gasteiger partial charge in [-0.05, 0) is 79.6 Å². The van der Waals surface area contributed by atoms with Gasteiger partial charge in [0.15, 0.2) is 35.5 Å². The van der Waals surface area contributed by atoms with Crippen LogP contribution in [-0.4, -0.2) is 277 Å². The summed E-state index contributed by atoms with van der Waals surface area (Å²) >= 11 is 0. The smallest absolute Gasteiger partial charge is 0.416 e. The summed E-state index contributed by atoms with van der Waals surface area (Å²) in [7, 11) is 5.58. The Labute approximate surface area is 590 Å². The minimum atomic E-state index is -1.81. The van der Waals surface area contributed by atoms with Gasteiger partial charge in [0, 0.05) is 52.5 Å². The fraction of sp³-hybridized carbons (Fsp3) is 0.507. The lowest BCUT2D eigenvalue weighted by atomic mass is 9.99. The highest BCUT2D eigenvalue weighted by atomic mass is 16.7. The Bertz CT molecular complexity index is 3530. The number of fused-ring (bicyclic) bond motifs is 4. The van der Waals surface area contributed by atoms with Gasteiger partial charge in [0.1, 0.15) is 73.5 Å². The van der Waals surface area contributed by atoms with Crippen molar-refractivity contribution >= 4 is 47.2 Å². The van der Waals surface area contributed by atoms with Crippen LogP contribution in [0.15, 0.2) is 85.0 Å². The van der Waals surface area contributed by atoms with E-state index in [4.69, 9.17) is 56.8 Å². The highest BCUT2D eigenvalue weighted by molar-refractivity contribution is 6.07. The molecule has 6 amide bonds. The SMILES string of the molecule is C=C1C[C@H]2C(O)N(C(=O)OCc3ccc(O[C@@H]4O[C@H](CO)[C@@H](O)[C@H](O)[C@H]4O)c(C(=O)NCCOC)c3)c3cc(OCCCCCOc4cc5c(cc4OC)C(=O)N4CC(=C)C[C@H]4C(O)N5C(=O)OCc4ccc(O[C@@H]5O[C@H](CO)[C@H](O)[C@H](O)[C@H]5O)c(C(=O)NCCOC)c4)c(OC)cc3C(=O)N2C1. The van der Waals surface area contributed by atoms with Crippen LogP contribution >= 0.6 is 0 Å². The number of unbranched alkanes of at least 4 members (excludes halogenated alkanes) is 2. The Kier molecular flexibility index (Phi) is 25.4. The van der Waals surface area contributed by atoms with Crippen molar-refractivity contribution in [2.24, 2.45) is 0 Å². The van der Waals surface area contributed by atoms with Crippen LogP contribution in [0.4, 0.5) is 21.0 Å². The second-order valence-electron chi connectivity index (χ2n) is 25.2. The van der Waals surface area contributed by atoms with Crippen molar-refractivity contribution in [1.29, 1.82) is 0 Å². The molecule has 0 spiro atoms. The van der Waals surface area contributed by atoms with Gasteiger partial charge in [-0.25, -0.2) is 19.4 Å². The Morgan fingerprint density at radius 2 is 0.903 bits per heavy atom. The fourth-order valence-electron chi connectivity index (χ4n) is 12.7. The van der Waals surface area contributed by atoms with E-state index in [2.05, 4.69) is 23.8 Å². The normalized spacial score (nSPS) is 25.9. The molecule has 10 rings (SSSR count). The van der Waals surface area contributed by atoms with E-state index >= 15 is 0 Å². The Balaban J connectivity index is 0.820. The maximum absolute atomic E-state index is 14.5. The van der Waals surface area contributed by atoms with E-state index in [1.165, 1.54) is 98.9 Å². The van der Waals surface area contributed by atoms with E-state index in [1.54, 1.807) is 0 Å². The van der Waals surface area contributed by atoms with Gasteiger partial charge in [0.05, 0.1) is 99.6 Å². The number of aliphatic hydroxyl groups is 10. The molecule has 0 bridgehead atoms. The van der Waals surface area contributed by atoms with Crippen molar-refractivity contribution in [3.05, 3.63) is 118 Å². The molecule has 4 fully saturated rings. The fourth-order valence-corrected chi connectivity index (χ4v) is 12.7. The number of hydrogen-bond acceptors (Lipinski definition) is 28. The average Bonchev–Trinajstić information content (AvgIpc) is 1.65. The van der Waals surface area contributed by atoms with E-state index in [0.717, 1.165) is 9.80 Å². The lowest BCUT2D eigenvalue weighted by Crippen LogP contribution is -2.60. The van der Waals surface area contributed by atoms with Crippen LogP contribution in [0.2, 0.25) is 0 Å². The number of rotatable bonds is 28. The van der Waals surface area contributed by atoms with E-state index in [0.29, 0.717) is 30.4 Å². The maximum Gasteiger partial charge on any atom is 0.416 e. The first-order valence-electron chi connectivity index (χ1n) is 33.1. The summed E-state index contributed by atoms with van der Waals surface area (Å²) in [6.07, 6.45) is -20.6. The molecule has 6 heterocycles. The lowest BCUT2D eigenvalue weighted by Gasteiger charge is -2.39. The quantitative estimate of drug-likeness (QED) is 0.0262. The minimum Gasteiger partial charge on any atom is -0.493 e. The van der Waals surface area contributed by atoms with Crippen molar-refractivity contribution in [2.75, 3.05) is 104 Å². The van der Waals surface area contributed by atoms with E-state index in [-0.39, 0.29) is 145 Å². The standard InChI is InChI=1S/C69H86N6O28/c1-34-20-44-64(88)74(68(90)98-32-36-10-12-46(40(22-36)60(84)70-14-18-92-3)100-66-58(82)56(80)54(78)52(30-76)102-66)42-26-50(48(94-5)24-38(42)62(86)72(44)28-34)96-16-8-7-9-17-97-51-27-43-39(25-49(51)95-6)63(87)73-29-35(2)21-45(73)65(89)75(43)69(91)99-33-37-11-13-47(41(23-37)61(85)71-15-19-93-4)101-67-59(83)57(81)55(79)53(31-77)103-67/h10-13,22-27,44-45,52-59,64-67,76-83,88-89H,1-2,7-9,14-21,28-33H2,3-6H3,(H,70,84)(H,71,85)/t44-,45-,52+,53+,54-,55+,56-,57-,58+,59+,64?,65?,66+,67+/m0/s1. The molecule has 103 heavy (non-hydrogen) atoms. The summed E-state index contributed by atoms with van der Waals surface area (Å²) in [6, 6.07) is 11.8. The van der Waals surface area contributed by atoms with E-state index < -0.39 is 148 Å². The molecule has 34 heteroatoms. The zero-order valence-corrected chi connectivity index (χ0v) is 56.9. The second kappa shape index (κ2) is 34.1. The Morgan fingerprint density at radius 1 is 0.505 bits per heavy atom. The monoisotopic (exact) mass is 1450 g/mol. The van der Waals surface area contributed by atoms with E-state index in [9.17, 15) is 79.8 Å². The average molecular weight is 1450 g/mol. The van der Waals surface area contributed by atoms with Crippen LogP contribution in [-0.2, 0) is 41.6 Å². The summed E-state index contributed by atoms with van der Waals surface area (Å²) in [6.45, 7) is 6.18. The summed E-state index contributed by atoms with van der Waals surface area (Å²) in [4.78, 5) is 89.7. The third kappa shape index (κ3) is 16.7. The number of amides is 6. The molecular formula is C69H86N6O28. The molecule has 0 aromatic heterocycles. The number of carbonyl (C=O) groups is 6. The number of aliphatic hydroxyl groups excluding tert-OH is 10. The first-order chi connectivity index (χ1) is 49.4. The van der Waals surface area contributed by atoms with Gasteiger partial charge in [-0.2, -0.15) is 0 Å². The van der Waals surface area contributed by atoms with Gasteiger partial charge in [-0.1, -0.05) is 36.4 Å². The molecule has 2 unspecified atom stereocenters. The van der Waals surface area contributed by atoms with Gasteiger partial charge >= 0.3 is 12.2 Å². The summed E-state index contributed by atoms with van der Waals surface area (Å²) < 4.78 is 68.5. The first kappa shape index (κ1) is 76.7. The molecule has 4 aromatic rings. The van der Waals surface area contributed by atoms with Gasteiger partial charge in [-0.3, -0.25) is 19.2 Å². The van der Waals surface area contributed by atoms with Crippen LogP contribution in [0.25, 0.3) is 0 Å². The second-order valence-corrected chi connectivity index (χ2v) is 25.2. The maximum atomic E-state index is 14.5. The highest BCUT2D eigenvalue weighted by Gasteiger charge is 2.50. The Hall–Kier alpha value is -8.98. The van der Waals surface area contributed by atoms with E-state index in [1.807, 2.05) is 0 Å². The minimum absolute atomic E-state index is 0.0400. The third-order valence-corrected chi connectivity index (χ3v) is 18.2. The Morgan fingerprint density at radius 3 is 1.27 bits per heavy atom. The molecule has 14 atom stereocenters. The molecule has 4 saturated heterocycles. The third-order valence-electron chi connectivity index (χ3n) is 18.2.